The third-order valence-corrected chi connectivity index (χ3v) is 6.40. The molecule has 2 aliphatic rings. The summed E-state index contributed by atoms with van der Waals surface area (Å²) in [6, 6.07) is 14.1. The maximum atomic E-state index is 12.5. The number of halogens is 1. The summed E-state index contributed by atoms with van der Waals surface area (Å²) in [5, 5.41) is 0.793. The summed E-state index contributed by atoms with van der Waals surface area (Å²) in [5.41, 5.74) is 3.40. The van der Waals surface area contributed by atoms with Crippen molar-refractivity contribution in [2.75, 3.05) is 56.2 Å². The molecule has 160 valence electrons. The second kappa shape index (κ2) is 9.71. The van der Waals surface area contributed by atoms with Crippen LogP contribution in [0.5, 0.6) is 5.75 Å². The quantitative estimate of drug-likeness (QED) is 0.619. The van der Waals surface area contributed by atoms with Crippen LogP contribution in [0.15, 0.2) is 42.5 Å². The molecular weight excluding hydrogens is 398 g/mol. The van der Waals surface area contributed by atoms with E-state index in [1.807, 2.05) is 41.3 Å². The van der Waals surface area contributed by atoms with E-state index in [0.717, 1.165) is 80.6 Å². The number of carbonyl (C=O) groups is 1. The molecule has 0 atom stereocenters. The number of anilines is 2. The monoisotopic (exact) mass is 427 g/mol. The molecule has 0 radical (unpaired) electrons. The van der Waals surface area contributed by atoms with Gasteiger partial charge in [-0.3, -0.25) is 9.69 Å². The minimum absolute atomic E-state index is 0.228. The molecule has 0 N–H and O–H groups in total. The molecule has 0 spiro atoms. The highest BCUT2D eigenvalue weighted by molar-refractivity contribution is 6.30. The number of benzene rings is 2. The van der Waals surface area contributed by atoms with E-state index in [1.165, 1.54) is 5.69 Å². The second-order valence-electron chi connectivity index (χ2n) is 8.02. The number of carbonyl (C=O) groups excluding carboxylic acids is 1. The number of piperazine rings is 1. The summed E-state index contributed by atoms with van der Waals surface area (Å²) < 4.78 is 5.49. The van der Waals surface area contributed by atoms with Crippen LogP contribution in [-0.2, 0) is 11.2 Å². The molecule has 1 fully saturated rings. The molecular formula is C24H30ClN3O2. The minimum Gasteiger partial charge on any atom is -0.496 e. The Bertz CT molecular complexity index is 881. The lowest BCUT2D eigenvalue weighted by Crippen LogP contribution is -2.46. The molecule has 5 nitrogen and oxygen atoms in total. The maximum absolute atomic E-state index is 12.5. The summed E-state index contributed by atoms with van der Waals surface area (Å²) >= 11 is 6.13. The van der Waals surface area contributed by atoms with Crippen LogP contribution in [0, 0.1) is 0 Å². The topological polar surface area (TPSA) is 36.0 Å². The van der Waals surface area contributed by atoms with Crippen molar-refractivity contribution in [3.8, 4) is 5.75 Å². The first-order chi connectivity index (χ1) is 14.7. The number of hydrogen-bond donors (Lipinski definition) is 0. The predicted molar refractivity (Wildman–Crippen MR) is 123 cm³/mol. The molecule has 4 rings (SSSR count). The summed E-state index contributed by atoms with van der Waals surface area (Å²) in [6.07, 6.45) is 3.45. The molecule has 6 heteroatoms. The highest BCUT2D eigenvalue weighted by atomic mass is 35.5. The van der Waals surface area contributed by atoms with E-state index in [0.29, 0.717) is 6.42 Å². The van der Waals surface area contributed by atoms with Gasteiger partial charge in [0.15, 0.2) is 0 Å². The lowest BCUT2D eigenvalue weighted by Gasteiger charge is -2.36. The van der Waals surface area contributed by atoms with E-state index in [9.17, 15) is 4.79 Å². The molecule has 2 aliphatic heterocycles. The minimum atomic E-state index is 0.228. The fourth-order valence-electron chi connectivity index (χ4n) is 4.50. The zero-order chi connectivity index (χ0) is 20.9. The van der Waals surface area contributed by atoms with Gasteiger partial charge in [-0.05, 0) is 56.1 Å². The molecule has 0 saturated carbocycles. The Morgan fingerprint density at radius 2 is 1.73 bits per heavy atom. The van der Waals surface area contributed by atoms with Gasteiger partial charge >= 0.3 is 0 Å². The van der Waals surface area contributed by atoms with Gasteiger partial charge in [-0.2, -0.15) is 0 Å². The van der Waals surface area contributed by atoms with E-state index in [-0.39, 0.29) is 5.91 Å². The highest BCUT2D eigenvalue weighted by Crippen LogP contribution is 2.34. The lowest BCUT2D eigenvalue weighted by atomic mass is 9.99. The molecule has 2 aromatic rings. The van der Waals surface area contributed by atoms with Gasteiger partial charge in [0.1, 0.15) is 5.75 Å². The van der Waals surface area contributed by atoms with Crippen molar-refractivity contribution >= 4 is 28.9 Å². The van der Waals surface area contributed by atoms with Crippen LogP contribution in [0.4, 0.5) is 11.4 Å². The Balaban J connectivity index is 1.24. The Hall–Kier alpha value is -2.24. The standard InChI is InChI=1S/C24H30ClN3O2/c1-30-23-9-5-8-22-21(23)10-11-24(29)28(22)13-3-2-12-26-14-16-27(17-15-26)20-7-4-6-19(25)18-20/h4-9,18H,2-3,10-17H2,1H3. The number of rotatable bonds is 7. The van der Waals surface area contributed by atoms with Crippen LogP contribution in [0.3, 0.4) is 0 Å². The van der Waals surface area contributed by atoms with Crippen LogP contribution in [0.2, 0.25) is 5.02 Å². The summed E-state index contributed by atoms with van der Waals surface area (Å²) in [4.78, 5) is 19.4. The molecule has 0 aliphatic carbocycles. The zero-order valence-corrected chi connectivity index (χ0v) is 18.4. The van der Waals surface area contributed by atoms with Gasteiger partial charge in [-0.25, -0.2) is 0 Å². The Morgan fingerprint density at radius 1 is 0.967 bits per heavy atom. The third kappa shape index (κ3) is 4.73. The van der Waals surface area contributed by atoms with Crippen molar-refractivity contribution in [3.05, 3.63) is 53.1 Å². The number of ether oxygens (including phenoxy) is 1. The number of nitrogens with zero attached hydrogens (tertiary/aromatic N) is 3. The van der Waals surface area contributed by atoms with Gasteiger partial charge in [-0.15, -0.1) is 0 Å². The SMILES string of the molecule is COc1cccc2c1CCC(=O)N2CCCCN1CCN(c2cccc(Cl)c2)CC1. The zero-order valence-electron chi connectivity index (χ0n) is 17.6. The number of unbranched alkanes of at least 4 members (excludes halogenated alkanes) is 1. The van der Waals surface area contributed by atoms with Gasteiger partial charge in [0.2, 0.25) is 5.91 Å². The van der Waals surface area contributed by atoms with E-state index < -0.39 is 0 Å². The van der Waals surface area contributed by atoms with Crippen molar-refractivity contribution in [2.45, 2.75) is 25.7 Å². The van der Waals surface area contributed by atoms with E-state index in [1.54, 1.807) is 7.11 Å². The van der Waals surface area contributed by atoms with Gasteiger partial charge in [0, 0.05) is 55.4 Å². The summed E-state index contributed by atoms with van der Waals surface area (Å²) in [7, 11) is 1.70. The van der Waals surface area contributed by atoms with Crippen LogP contribution >= 0.6 is 11.6 Å². The summed E-state index contributed by atoms with van der Waals surface area (Å²) in [5.74, 6) is 1.12. The average Bonchev–Trinajstić information content (AvgIpc) is 2.77. The first kappa shape index (κ1) is 21.0. The van der Waals surface area contributed by atoms with Crippen LogP contribution < -0.4 is 14.5 Å². The first-order valence-corrected chi connectivity index (χ1v) is 11.2. The molecule has 1 amide bonds. The van der Waals surface area contributed by atoms with Crippen molar-refractivity contribution in [3.63, 3.8) is 0 Å². The van der Waals surface area contributed by atoms with Crippen LogP contribution in [0.25, 0.3) is 0 Å². The largest absolute Gasteiger partial charge is 0.496 e. The summed E-state index contributed by atoms with van der Waals surface area (Å²) in [6.45, 7) is 6.04. The highest BCUT2D eigenvalue weighted by Gasteiger charge is 2.26. The Kier molecular flexibility index (Phi) is 6.80. The van der Waals surface area contributed by atoms with Crippen LogP contribution in [0.1, 0.15) is 24.8 Å². The van der Waals surface area contributed by atoms with Gasteiger partial charge in [-0.1, -0.05) is 23.7 Å². The number of methoxy groups -OCH3 is 1. The van der Waals surface area contributed by atoms with Crippen molar-refractivity contribution < 1.29 is 9.53 Å². The van der Waals surface area contributed by atoms with Crippen molar-refractivity contribution in [1.82, 2.24) is 4.90 Å². The molecule has 0 unspecified atom stereocenters. The third-order valence-electron chi connectivity index (χ3n) is 6.16. The Labute approximate surface area is 184 Å². The van der Waals surface area contributed by atoms with Crippen molar-refractivity contribution in [2.24, 2.45) is 0 Å². The predicted octanol–water partition coefficient (Wildman–Crippen LogP) is 4.23. The maximum Gasteiger partial charge on any atom is 0.227 e. The van der Waals surface area contributed by atoms with Gasteiger partial charge < -0.3 is 14.5 Å². The smallest absolute Gasteiger partial charge is 0.227 e. The molecule has 2 aromatic carbocycles. The average molecular weight is 428 g/mol. The molecule has 0 aromatic heterocycles. The molecule has 2 heterocycles. The molecule has 0 bridgehead atoms. The number of amides is 1. The van der Waals surface area contributed by atoms with E-state index in [2.05, 4.69) is 15.9 Å². The molecule has 30 heavy (non-hydrogen) atoms. The van der Waals surface area contributed by atoms with E-state index in [4.69, 9.17) is 16.3 Å². The van der Waals surface area contributed by atoms with E-state index >= 15 is 0 Å². The van der Waals surface area contributed by atoms with Gasteiger partial charge in [0.25, 0.3) is 0 Å². The fourth-order valence-corrected chi connectivity index (χ4v) is 4.69. The molecule has 1 saturated heterocycles. The van der Waals surface area contributed by atoms with Crippen LogP contribution in [-0.4, -0.2) is 57.2 Å². The first-order valence-electron chi connectivity index (χ1n) is 10.8. The lowest BCUT2D eigenvalue weighted by molar-refractivity contribution is -0.118. The normalized spacial score (nSPS) is 17.2. The van der Waals surface area contributed by atoms with Crippen molar-refractivity contribution in [1.29, 1.82) is 0 Å². The number of hydrogen-bond acceptors (Lipinski definition) is 4. The van der Waals surface area contributed by atoms with Gasteiger partial charge in [0.05, 0.1) is 12.8 Å². The number of fused-ring (bicyclic) bond motifs is 1. The fraction of sp³-hybridized carbons (Fsp3) is 0.458. The second-order valence-corrected chi connectivity index (χ2v) is 8.46. The Morgan fingerprint density at radius 3 is 2.50 bits per heavy atom.